The van der Waals surface area contributed by atoms with Gasteiger partial charge in [0.2, 0.25) is 17.7 Å². The molecule has 4 rings (SSSR count). The average molecular weight is 490 g/mol. The molecule has 0 unspecified atom stereocenters. The first-order chi connectivity index (χ1) is 17.3. The minimum absolute atomic E-state index is 0.154. The Labute approximate surface area is 212 Å². The number of nitrogens with one attached hydrogen (secondary N) is 2. The van der Waals surface area contributed by atoms with Gasteiger partial charge >= 0.3 is 0 Å². The Balaban J connectivity index is 1.76. The lowest BCUT2D eigenvalue weighted by molar-refractivity contribution is -0.142. The fraction of sp³-hybridized carbons (Fsp3) is 0.414. The molecule has 36 heavy (non-hydrogen) atoms. The number of likely N-dealkylation sites (tertiary alicyclic amines) is 1. The largest absolute Gasteiger partial charge is 0.394 e. The molecule has 1 aliphatic carbocycles. The standard InChI is InChI=1S/C29H35N3O4/c1-17-13-14-22-24(23(17)27(34)30-4)29(36)32(21(16-33)15-20-11-6-5-7-12-20)26(22)28(35)31-25-18(2)9-8-10-19(25)3/h5-14,17,21-24,26,33H,15-16H2,1-4H3,(H,30,34)(H,31,35)/t17-,21-,22+,23-,24-,26+/m1/s1. The van der Waals surface area contributed by atoms with Crippen LogP contribution in [0.25, 0.3) is 0 Å². The van der Waals surface area contributed by atoms with Crippen LogP contribution in [0.1, 0.15) is 23.6 Å². The van der Waals surface area contributed by atoms with Gasteiger partial charge in [0.05, 0.1) is 24.5 Å². The molecule has 0 saturated carbocycles. The molecule has 2 aliphatic rings. The fourth-order valence-electron chi connectivity index (χ4n) is 5.85. The molecule has 6 atom stereocenters. The molecule has 3 amide bonds. The zero-order valence-corrected chi connectivity index (χ0v) is 21.3. The second-order valence-electron chi connectivity index (χ2n) is 9.96. The molecule has 7 nitrogen and oxygen atoms in total. The van der Waals surface area contributed by atoms with Crippen LogP contribution < -0.4 is 10.6 Å². The van der Waals surface area contributed by atoms with E-state index in [2.05, 4.69) is 10.6 Å². The predicted octanol–water partition coefficient (Wildman–Crippen LogP) is 2.86. The number of amides is 3. The molecule has 2 aromatic rings. The van der Waals surface area contributed by atoms with Gasteiger partial charge in [0, 0.05) is 18.7 Å². The summed E-state index contributed by atoms with van der Waals surface area (Å²) < 4.78 is 0. The summed E-state index contributed by atoms with van der Waals surface area (Å²) in [5.41, 5.74) is 3.53. The second kappa shape index (κ2) is 10.7. The van der Waals surface area contributed by atoms with Crippen molar-refractivity contribution in [3.63, 3.8) is 0 Å². The Morgan fingerprint density at radius 2 is 1.67 bits per heavy atom. The minimum atomic E-state index is -0.849. The normalized spacial score (nSPS) is 25.9. The van der Waals surface area contributed by atoms with Gasteiger partial charge in [-0.15, -0.1) is 0 Å². The monoisotopic (exact) mass is 489 g/mol. The SMILES string of the molecule is CNC(=O)[C@H]1[C@@H]2C(=O)N([C@@H](CO)Cc3ccccc3)[C@H](C(=O)Nc3c(C)cccc3C)[C@H]2C=C[C@H]1C. The number of aliphatic hydroxyl groups excluding tert-OH is 1. The molecule has 1 saturated heterocycles. The highest BCUT2D eigenvalue weighted by Gasteiger charge is 2.58. The second-order valence-corrected chi connectivity index (χ2v) is 9.96. The van der Waals surface area contributed by atoms with E-state index in [1.165, 1.54) is 0 Å². The van der Waals surface area contributed by atoms with E-state index in [0.29, 0.717) is 6.42 Å². The molecule has 3 N–H and O–H groups in total. The molecule has 190 valence electrons. The van der Waals surface area contributed by atoms with Crippen molar-refractivity contribution in [1.29, 1.82) is 0 Å². The Morgan fingerprint density at radius 3 is 2.28 bits per heavy atom. The highest BCUT2D eigenvalue weighted by molar-refractivity contribution is 6.02. The van der Waals surface area contributed by atoms with Crippen LogP contribution in [-0.2, 0) is 20.8 Å². The summed E-state index contributed by atoms with van der Waals surface area (Å²) in [6, 6.07) is 14.0. The number of rotatable bonds is 7. The zero-order chi connectivity index (χ0) is 26.0. The molecular formula is C29H35N3O4. The minimum Gasteiger partial charge on any atom is -0.394 e. The Morgan fingerprint density at radius 1 is 1.00 bits per heavy atom. The Kier molecular flexibility index (Phi) is 7.59. The number of hydrogen-bond donors (Lipinski definition) is 3. The van der Waals surface area contributed by atoms with Gasteiger partial charge in [-0.05, 0) is 42.9 Å². The lowest BCUT2D eigenvalue weighted by Crippen LogP contribution is -2.51. The molecular weight excluding hydrogens is 454 g/mol. The van der Waals surface area contributed by atoms with Gasteiger partial charge in [-0.1, -0.05) is 67.6 Å². The molecule has 1 fully saturated rings. The maximum Gasteiger partial charge on any atom is 0.247 e. The maximum atomic E-state index is 14.0. The summed E-state index contributed by atoms with van der Waals surface area (Å²) in [6.45, 7) is 5.48. The highest BCUT2D eigenvalue weighted by atomic mass is 16.3. The van der Waals surface area contributed by atoms with E-state index in [4.69, 9.17) is 0 Å². The summed E-state index contributed by atoms with van der Waals surface area (Å²) in [6.07, 6.45) is 4.25. The number of para-hydroxylation sites is 1. The summed E-state index contributed by atoms with van der Waals surface area (Å²) in [5, 5.41) is 16.2. The fourth-order valence-corrected chi connectivity index (χ4v) is 5.85. The van der Waals surface area contributed by atoms with Crippen LogP contribution in [0.5, 0.6) is 0 Å². The van der Waals surface area contributed by atoms with E-state index >= 15 is 0 Å². The quantitative estimate of drug-likeness (QED) is 0.521. The number of aliphatic hydroxyl groups is 1. The summed E-state index contributed by atoms with van der Waals surface area (Å²) in [7, 11) is 1.57. The van der Waals surface area contributed by atoms with E-state index in [0.717, 1.165) is 22.4 Å². The number of hydrogen-bond acceptors (Lipinski definition) is 4. The van der Waals surface area contributed by atoms with Crippen molar-refractivity contribution in [3.8, 4) is 0 Å². The lowest BCUT2D eigenvalue weighted by atomic mass is 9.70. The molecule has 0 radical (unpaired) electrons. The lowest BCUT2D eigenvalue weighted by Gasteiger charge is -2.33. The van der Waals surface area contributed by atoms with Crippen LogP contribution >= 0.6 is 0 Å². The van der Waals surface area contributed by atoms with E-state index < -0.39 is 29.8 Å². The number of carbonyl (C=O) groups excluding carboxylic acids is 3. The van der Waals surface area contributed by atoms with E-state index in [1.807, 2.05) is 81.5 Å². The maximum absolute atomic E-state index is 14.0. The highest BCUT2D eigenvalue weighted by Crippen LogP contribution is 2.45. The van der Waals surface area contributed by atoms with Crippen LogP contribution in [0.3, 0.4) is 0 Å². The predicted molar refractivity (Wildman–Crippen MR) is 139 cm³/mol. The number of nitrogens with zero attached hydrogens (tertiary/aromatic N) is 1. The van der Waals surface area contributed by atoms with E-state index in [9.17, 15) is 19.5 Å². The van der Waals surface area contributed by atoms with Crippen molar-refractivity contribution in [3.05, 3.63) is 77.4 Å². The number of benzene rings is 2. The van der Waals surface area contributed by atoms with Gasteiger partial charge < -0.3 is 20.6 Å². The number of aryl methyl sites for hydroxylation is 2. The van der Waals surface area contributed by atoms with Gasteiger partial charge in [-0.2, -0.15) is 0 Å². The number of allylic oxidation sites excluding steroid dienone is 1. The molecule has 2 aromatic carbocycles. The average Bonchev–Trinajstić information content (AvgIpc) is 3.17. The number of carbonyl (C=O) groups is 3. The Bertz CT molecular complexity index is 1140. The third kappa shape index (κ3) is 4.67. The van der Waals surface area contributed by atoms with Crippen LogP contribution in [0, 0.1) is 37.5 Å². The van der Waals surface area contributed by atoms with Crippen molar-refractivity contribution in [1.82, 2.24) is 10.2 Å². The molecule has 0 aromatic heterocycles. The van der Waals surface area contributed by atoms with Crippen molar-refractivity contribution in [2.45, 2.75) is 39.3 Å². The van der Waals surface area contributed by atoms with Crippen molar-refractivity contribution >= 4 is 23.4 Å². The number of anilines is 1. The molecule has 7 heteroatoms. The first-order valence-electron chi connectivity index (χ1n) is 12.5. The van der Waals surface area contributed by atoms with Gasteiger partial charge in [0.15, 0.2) is 0 Å². The van der Waals surface area contributed by atoms with E-state index in [1.54, 1.807) is 11.9 Å². The molecule has 1 heterocycles. The van der Waals surface area contributed by atoms with E-state index in [-0.39, 0.29) is 30.2 Å². The Hall–Kier alpha value is -3.45. The van der Waals surface area contributed by atoms with Gasteiger partial charge in [-0.3, -0.25) is 14.4 Å². The van der Waals surface area contributed by atoms with Gasteiger partial charge in [0.1, 0.15) is 6.04 Å². The first-order valence-corrected chi connectivity index (χ1v) is 12.5. The van der Waals surface area contributed by atoms with Gasteiger partial charge in [0.25, 0.3) is 0 Å². The third-order valence-electron chi connectivity index (χ3n) is 7.67. The molecule has 1 aliphatic heterocycles. The smallest absolute Gasteiger partial charge is 0.247 e. The van der Waals surface area contributed by atoms with Crippen molar-refractivity contribution in [2.24, 2.45) is 23.7 Å². The molecule has 0 spiro atoms. The third-order valence-corrected chi connectivity index (χ3v) is 7.67. The zero-order valence-electron chi connectivity index (χ0n) is 21.3. The van der Waals surface area contributed by atoms with Crippen LogP contribution in [0.15, 0.2) is 60.7 Å². The molecule has 0 bridgehead atoms. The first kappa shape index (κ1) is 25.6. The summed E-state index contributed by atoms with van der Waals surface area (Å²) in [5.74, 6) is -2.69. The van der Waals surface area contributed by atoms with Crippen LogP contribution in [0.2, 0.25) is 0 Å². The number of fused-ring (bicyclic) bond motifs is 1. The van der Waals surface area contributed by atoms with Crippen LogP contribution in [-0.4, -0.2) is 53.5 Å². The van der Waals surface area contributed by atoms with Crippen molar-refractivity contribution < 1.29 is 19.5 Å². The van der Waals surface area contributed by atoms with Crippen LogP contribution in [0.4, 0.5) is 5.69 Å². The summed E-state index contributed by atoms with van der Waals surface area (Å²) >= 11 is 0. The van der Waals surface area contributed by atoms with Crippen molar-refractivity contribution in [2.75, 3.05) is 19.0 Å². The van der Waals surface area contributed by atoms with Gasteiger partial charge in [-0.25, -0.2) is 0 Å². The summed E-state index contributed by atoms with van der Waals surface area (Å²) in [4.78, 5) is 42.4. The topological polar surface area (TPSA) is 98.7 Å².